The summed E-state index contributed by atoms with van der Waals surface area (Å²) in [6.45, 7) is -3.34. The zero-order valence-electron chi connectivity index (χ0n) is 45.7. The summed E-state index contributed by atoms with van der Waals surface area (Å²) in [7, 11) is -31.9. The average Bonchev–Trinajstić information content (AvgIpc) is 1.53. The van der Waals surface area contributed by atoms with E-state index in [4.69, 9.17) is 67.6 Å². The minimum absolute atomic E-state index is 0.00228. The zero-order valence-corrected chi connectivity index (χ0v) is 53.4. The van der Waals surface area contributed by atoms with Crippen LogP contribution in [0.2, 0.25) is 15.9 Å². The van der Waals surface area contributed by atoms with Crippen LogP contribution in [0.25, 0.3) is 33.5 Å². The summed E-state index contributed by atoms with van der Waals surface area (Å²) in [6.07, 6.45) is -4.36. The van der Waals surface area contributed by atoms with Gasteiger partial charge in [0.1, 0.15) is 31.8 Å². The normalized spacial score (nSPS) is 33.1. The number of anilines is 3. The highest BCUT2D eigenvalue weighted by molar-refractivity contribution is 7.66. The van der Waals surface area contributed by atoms with E-state index in [9.17, 15) is 82.1 Å². The quantitative estimate of drug-likeness (QED) is 0.0196. The van der Waals surface area contributed by atoms with Gasteiger partial charge in [-0.1, -0.05) is 0 Å². The number of nitrogens with one attached hydrogen (secondary N) is 3. The number of phosphoric ester groups is 3. The molecule has 6 aromatic rings. The SMILES string of the molecule is CNc1nc(Cl)nc2c1ncn2[C@H]1[C@H](OCNc2nc(Cl)nc3c2ncn3[C@H]2[C@H](OCNc3nc(Cl)nc4c3ncn4[C@H]3[C@H](O)[C@H](O)[C@]4(COP(=O)(O)O)C[C@H]34)[C@H](O)[C@]3(COP(=O)(O)OP(=O)(O)O)C[C@H]23)[C@H](O)[C@]2(COP(=O)(O)OP(=O)(O)OP(=O)(O)O)CC[C@H]12. The first kappa shape index (κ1) is 67.4. The predicted octanol–water partition coefficient (Wildman–Crippen LogP) is 1.21. The minimum atomic E-state index is -5.94. The van der Waals surface area contributed by atoms with Gasteiger partial charge in [0.2, 0.25) is 15.9 Å². The van der Waals surface area contributed by atoms with Crippen molar-refractivity contribution in [2.75, 3.05) is 56.3 Å². The van der Waals surface area contributed by atoms with Crippen LogP contribution in [0.3, 0.4) is 0 Å². The van der Waals surface area contributed by atoms with E-state index in [1.54, 1.807) is 7.05 Å². The van der Waals surface area contributed by atoms with E-state index in [0.29, 0.717) is 0 Å². The summed E-state index contributed by atoms with van der Waals surface area (Å²) in [4.78, 5) is 125. The van der Waals surface area contributed by atoms with Gasteiger partial charge in [0.25, 0.3) is 0 Å². The molecule has 6 aromatic heterocycles. The molecule has 18 atom stereocenters. The Kier molecular flexibility index (Phi) is 17.5. The molecule has 3 unspecified atom stereocenters. The number of nitrogens with zero attached hydrogens (tertiary/aromatic N) is 12. The molecule has 6 aliphatic rings. The molecule has 0 saturated heterocycles. The summed E-state index contributed by atoms with van der Waals surface area (Å²) >= 11 is 19.3. The minimum Gasteiger partial charge on any atom is -0.390 e. The van der Waals surface area contributed by atoms with Crippen molar-refractivity contribution in [1.82, 2.24) is 58.6 Å². The number of aromatic nitrogens is 12. The van der Waals surface area contributed by atoms with Crippen molar-refractivity contribution in [3.8, 4) is 0 Å². The van der Waals surface area contributed by atoms with E-state index in [1.807, 2.05) is 0 Å². The maximum Gasteiger partial charge on any atom is 0.490 e. The molecule has 0 amide bonds. The lowest BCUT2D eigenvalue weighted by Gasteiger charge is -2.47. The van der Waals surface area contributed by atoms with E-state index in [0.717, 1.165) is 0 Å². The number of hydrogen-bond donors (Lipinski definition) is 16. The van der Waals surface area contributed by atoms with Gasteiger partial charge in [-0.15, -0.1) is 0 Å². The van der Waals surface area contributed by atoms with Crippen molar-refractivity contribution in [3.05, 3.63) is 34.8 Å². The van der Waals surface area contributed by atoms with Crippen molar-refractivity contribution in [1.29, 1.82) is 0 Å². The maximum atomic E-state index is 13.0. The number of halogens is 3. The largest absolute Gasteiger partial charge is 0.490 e. The molecule has 0 bridgehead atoms. The van der Waals surface area contributed by atoms with Crippen LogP contribution in [0.4, 0.5) is 17.5 Å². The van der Waals surface area contributed by atoms with Crippen LogP contribution in [0.15, 0.2) is 19.0 Å². The van der Waals surface area contributed by atoms with Gasteiger partial charge < -0.3 is 104 Å². The van der Waals surface area contributed by atoms with E-state index in [2.05, 4.69) is 73.7 Å². The van der Waals surface area contributed by atoms with Gasteiger partial charge in [-0.25, -0.2) is 42.3 Å². The van der Waals surface area contributed by atoms with Crippen molar-refractivity contribution >= 4 is 133 Å². The molecule has 51 heteroatoms. The van der Waals surface area contributed by atoms with Crippen molar-refractivity contribution in [2.45, 2.75) is 80.4 Å². The molecule has 42 nitrogen and oxygen atoms in total. The molecule has 6 heterocycles. The molecule has 6 fully saturated rings. The van der Waals surface area contributed by atoms with Gasteiger partial charge in [-0.3, -0.25) is 13.6 Å². The molecule has 0 spiro atoms. The Balaban J connectivity index is 0.810. The number of aliphatic hydroxyl groups is 4. The predicted molar refractivity (Wildman–Crippen MR) is 301 cm³/mol. The standard InChI is InChI=1S/C40H52Cl3N15O27P6/c1-44-29-17-32(53-35(41)50-29)57(10-45-17)21-14-2-3-38(14,6-81-90(74,75)85-91(76,77)84-88(69,70)71)27(61)24(21)78-12-48-31-19-34(55-37(43)52-31)58(11-47-19)22-16-5-40(16,8-82-89(72,73)83-87(66,67)68)28(62)25(22)79-13-49-30-18-33(54-36(42)51-30)56(9-46-18)20-15-4-39(15,26(60)23(20)59)7-80-86(63,64)65/h9-11,14-16,20-28,59-62H,2-8,12-13H2,1H3,(H,72,73)(H,74,75)(H,76,77)(H,44,50,53)(H,48,52,55)(H,49,51,54)(H2,63,64,65)(H2,66,67,68)(H2,69,70,71)/t14-,15-,16-,20-,21-,22-,23+,24+,25+,26+,27+,28+,38+,39+,40+/m1/s1. The first-order chi connectivity index (χ1) is 42.4. The molecule has 0 radical (unpaired) electrons. The van der Waals surface area contributed by atoms with Gasteiger partial charge in [-0.05, 0) is 78.2 Å². The highest BCUT2D eigenvalue weighted by Gasteiger charge is 2.74. The van der Waals surface area contributed by atoms with E-state index >= 15 is 0 Å². The third kappa shape index (κ3) is 12.7. The number of aliphatic hydroxyl groups excluding tert-OH is 4. The second-order valence-corrected chi connectivity index (χ2v) is 31.9. The van der Waals surface area contributed by atoms with Crippen LogP contribution in [-0.4, -0.2) is 200 Å². The molecule has 500 valence electrons. The number of rotatable bonds is 27. The molecular formula is C40H52Cl3N15O27P6. The Hall–Kier alpha value is -3.54. The maximum absolute atomic E-state index is 13.0. The average molecular weight is 1470 g/mol. The fourth-order valence-corrected chi connectivity index (χ4v) is 19.2. The molecule has 6 aliphatic carbocycles. The van der Waals surface area contributed by atoms with Crippen LogP contribution in [0, 0.1) is 34.0 Å². The Labute approximate surface area is 522 Å². The second kappa shape index (κ2) is 23.6. The first-order valence-corrected chi connectivity index (χ1v) is 36.6. The Morgan fingerprint density at radius 2 is 0.901 bits per heavy atom. The summed E-state index contributed by atoms with van der Waals surface area (Å²) in [6, 6.07) is -2.95. The number of imidazole rings is 3. The molecule has 91 heavy (non-hydrogen) atoms. The Morgan fingerprint density at radius 1 is 0.505 bits per heavy atom. The van der Waals surface area contributed by atoms with Crippen LogP contribution in [-0.2, 0) is 63.4 Å². The lowest BCUT2D eigenvalue weighted by Crippen LogP contribution is -2.49. The van der Waals surface area contributed by atoms with Gasteiger partial charge in [0, 0.05) is 23.3 Å². The van der Waals surface area contributed by atoms with Crippen LogP contribution >= 0.6 is 81.7 Å². The molecule has 16 N–H and O–H groups in total. The van der Waals surface area contributed by atoms with Crippen molar-refractivity contribution in [3.63, 3.8) is 0 Å². The number of ether oxygens (including phenoxy) is 2. The first-order valence-electron chi connectivity index (χ1n) is 26.4. The van der Waals surface area contributed by atoms with E-state index in [-0.39, 0.29) is 87.2 Å². The molecule has 0 aromatic carbocycles. The number of fused-ring (bicyclic) bond motifs is 6. The summed E-state index contributed by atoms with van der Waals surface area (Å²) < 4.78 is 116. The van der Waals surface area contributed by atoms with Crippen LogP contribution in [0.5, 0.6) is 0 Å². The number of hydrogen-bond acceptors (Lipinski definition) is 30. The topological polar surface area (TPSA) is 606 Å². The van der Waals surface area contributed by atoms with Gasteiger partial charge in [-0.2, -0.15) is 42.8 Å². The van der Waals surface area contributed by atoms with Gasteiger partial charge >= 0.3 is 46.9 Å². The Bertz CT molecular complexity index is 4190. The summed E-state index contributed by atoms with van der Waals surface area (Å²) in [5.74, 6) is -1.99. The lowest BCUT2D eigenvalue weighted by molar-refractivity contribution is -0.106. The fraction of sp³-hybridized carbons (Fsp3) is 0.625. The molecule has 6 saturated carbocycles. The molecule has 12 rings (SSSR count). The van der Waals surface area contributed by atoms with E-state index < -0.39 is 174 Å². The number of phosphoric acid groups is 6. The zero-order chi connectivity index (χ0) is 65.7. The highest BCUT2D eigenvalue weighted by Crippen LogP contribution is 2.72. The summed E-state index contributed by atoms with van der Waals surface area (Å²) in [5.41, 5.74) is -3.74. The second-order valence-electron chi connectivity index (χ2n) is 22.4. The van der Waals surface area contributed by atoms with Gasteiger partial charge in [0.15, 0.2) is 50.9 Å². The van der Waals surface area contributed by atoms with Crippen molar-refractivity contribution < 1.29 is 128 Å². The Morgan fingerprint density at radius 3 is 1.36 bits per heavy atom. The van der Waals surface area contributed by atoms with Crippen molar-refractivity contribution in [2.24, 2.45) is 34.0 Å². The summed E-state index contributed by atoms with van der Waals surface area (Å²) in [5, 5.41) is 54.5. The van der Waals surface area contributed by atoms with E-state index in [1.165, 1.54) is 32.7 Å². The molecule has 0 aliphatic heterocycles. The van der Waals surface area contributed by atoms with Crippen LogP contribution < -0.4 is 16.0 Å². The highest BCUT2D eigenvalue weighted by atomic mass is 35.5. The fourth-order valence-electron chi connectivity index (χ4n) is 13.5. The van der Waals surface area contributed by atoms with Gasteiger partial charge in [0.05, 0.1) is 75.2 Å². The lowest BCUT2D eigenvalue weighted by atomic mass is 9.60. The molecular weight excluding hydrogens is 1410 g/mol. The monoisotopic (exact) mass is 1470 g/mol. The van der Waals surface area contributed by atoms with Crippen LogP contribution in [0.1, 0.15) is 43.8 Å². The third-order valence-electron chi connectivity index (χ3n) is 17.5. The smallest absolute Gasteiger partial charge is 0.390 e. The third-order valence-corrected chi connectivity index (χ3v) is 24.4.